The van der Waals surface area contributed by atoms with Crippen LogP contribution in [0, 0.1) is 20.2 Å². The Morgan fingerprint density at radius 3 is 1.52 bits per heavy atom. The van der Waals surface area contributed by atoms with Gasteiger partial charge in [-0.15, -0.1) is 0 Å². The second-order valence-corrected chi connectivity index (χ2v) is 6.61. The molecular formula is C17H14Cl2N4O6. The van der Waals surface area contributed by atoms with Gasteiger partial charge in [-0.2, -0.15) is 0 Å². The molecule has 0 fully saturated rings. The number of nitro benzene ring substituents is 2. The molecule has 0 aliphatic heterocycles. The number of nitrogens with one attached hydrogen (secondary N) is 2. The summed E-state index contributed by atoms with van der Waals surface area (Å²) >= 11 is 11.4. The van der Waals surface area contributed by atoms with Gasteiger partial charge in [0.1, 0.15) is 10.0 Å². The third-order valence-electron chi connectivity index (χ3n) is 3.66. The summed E-state index contributed by atoms with van der Waals surface area (Å²) in [6, 6.07) is 7.73. The van der Waals surface area contributed by atoms with Crippen LogP contribution in [0.1, 0.15) is 19.3 Å². The normalized spacial score (nSPS) is 10.3. The molecule has 29 heavy (non-hydrogen) atoms. The Morgan fingerprint density at radius 1 is 0.793 bits per heavy atom. The Morgan fingerprint density at radius 2 is 1.17 bits per heavy atom. The maximum atomic E-state index is 11.9. The SMILES string of the molecule is O=C(CCCC(=O)Nc1ccc(Cl)c([N+](=O)[O-])c1)Nc1ccc(Cl)c([N+](=O)[O-])c1. The highest BCUT2D eigenvalue weighted by molar-refractivity contribution is 6.33. The maximum Gasteiger partial charge on any atom is 0.289 e. The van der Waals surface area contributed by atoms with Crippen LogP contribution in [0.4, 0.5) is 22.7 Å². The number of rotatable bonds is 8. The Labute approximate surface area is 174 Å². The fourth-order valence-corrected chi connectivity index (χ4v) is 2.69. The van der Waals surface area contributed by atoms with Crippen molar-refractivity contribution in [2.45, 2.75) is 19.3 Å². The summed E-state index contributed by atoms with van der Waals surface area (Å²) in [5.74, 6) is -0.867. The number of amides is 2. The van der Waals surface area contributed by atoms with Gasteiger partial charge in [0.05, 0.1) is 9.85 Å². The Balaban J connectivity index is 1.84. The molecule has 0 aliphatic carbocycles. The fourth-order valence-electron chi connectivity index (χ4n) is 2.32. The van der Waals surface area contributed by atoms with Gasteiger partial charge in [0.2, 0.25) is 11.8 Å². The van der Waals surface area contributed by atoms with Gasteiger partial charge in [-0.3, -0.25) is 29.8 Å². The first-order valence-corrected chi connectivity index (χ1v) is 8.90. The molecular weight excluding hydrogens is 427 g/mol. The number of carbonyl (C=O) groups is 2. The average molecular weight is 441 g/mol. The molecule has 10 nitrogen and oxygen atoms in total. The van der Waals surface area contributed by atoms with E-state index < -0.39 is 21.7 Å². The highest BCUT2D eigenvalue weighted by atomic mass is 35.5. The highest BCUT2D eigenvalue weighted by Crippen LogP contribution is 2.28. The summed E-state index contributed by atoms with van der Waals surface area (Å²) in [6.45, 7) is 0. The van der Waals surface area contributed by atoms with Gasteiger partial charge >= 0.3 is 0 Å². The van der Waals surface area contributed by atoms with Crippen molar-refractivity contribution in [2.75, 3.05) is 10.6 Å². The molecule has 2 amide bonds. The zero-order valence-electron chi connectivity index (χ0n) is 14.7. The first-order chi connectivity index (χ1) is 13.7. The van der Waals surface area contributed by atoms with E-state index in [9.17, 15) is 29.8 Å². The van der Waals surface area contributed by atoms with E-state index in [-0.39, 0.29) is 52.1 Å². The molecule has 2 aromatic carbocycles. The van der Waals surface area contributed by atoms with E-state index in [0.29, 0.717) is 0 Å². The van der Waals surface area contributed by atoms with E-state index in [1.54, 1.807) is 0 Å². The standard InChI is InChI=1S/C17H14Cl2N4O6/c18-12-6-4-10(8-14(12)22(26)27)20-16(24)2-1-3-17(25)21-11-5-7-13(19)15(9-11)23(28)29/h4-9H,1-3H2,(H,20,24)(H,21,25). The molecule has 0 aromatic heterocycles. The Kier molecular flexibility index (Phi) is 7.46. The van der Waals surface area contributed by atoms with Crippen molar-refractivity contribution >= 4 is 57.8 Å². The molecule has 0 saturated heterocycles. The van der Waals surface area contributed by atoms with E-state index in [0.717, 1.165) is 12.1 Å². The molecule has 0 bridgehead atoms. The molecule has 152 valence electrons. The number of nitro groups is 2. The summed E-state index contributed by atoms with van der Waals surface area (Å²) in [4.78, 5) is 44.3. The number of nitrogens with zero attached hydrogens (tertiary/aromatic N) is 2. The maximum absolute atomic E-state index is 11.9. The van der Waals surface area contributed by atoms with Crippen molar-refractivity contribution in [3.8, 4) is 0 Å². The summed E-state index contributed by atoms with van der Waals surface area (Å²) < 4.78 is 0. The minimum Gasteiger partial charge on any atom is -0.326 e. The number of carbonyl (C=O) groups excluding carboxylic acids is 2. The van der Waals surface area contributed by atoms with Gasteiger partial charge in [-0.1, -0.05) is 23.2 Å². The predicted octanol–water partition coefficient (Wildman–Crippen LogP) is 4.56. The summed E-state index contributed by atoms with van der Waals surface area (Å²) in [6.07, 6.45) is 0.179. The van der Waals surface area contributed by atoms with Gasteiger partial charge in [0.15, 0.2) is 0 Å². The van der Waals surface area contributed by atoms with E-state index in [4.69, 9.17) is 23.2 Å². The third kappa shape index (κ3) is 6.40. The number of hydrogen-bond acceptors (Lipinski definition) is 6. The summed E-state index contributed by atoms with van der Waals surface area (Å²) in [5, 5.41) is 26.6. The van der Waals surface area contributed by atoms with Gasteiger partial charge in [-0.25, -0.2) is 0 Å². The lowest BCUT2D eigenvalue weighted by Crippen LogP contribution is -2.15. The van der Waals surface area contributed by atoms with Crippen molar-refractivity contribution in [3.05, 3.63) is 66.7 Å². The number of hydrogen-bond donors (Lipinski definition) is 2. The van der Waals surface area contributed by atoms with Crippen LogP contribution in [-0.2, 0) is 9.59 Å². The molecule has 12 heteroatoms. The first kappa shape index (κ1) is 22.1. The van der Waals surface area contributed by atoms with Crippen molar-refractivity contribution in [1.29, 1.82) is 0 Å². The summed E-state index contributed by atoms with van der Waals surface area (Å²) in [7, 11) is 0. The fraction of sp³-hybridized carbons (Fsp3) is 0.176. The molecule has 0 unspecified atom stereocenters. The largest absolute Gasteiger partial charge is 0.326 e. The molecule has 0 heterocycles. The molecule has 0 aliphatic rings. The first-order valence-electron chi connectivity index (χ1n) is 8.15. The molecule has 2 aromatic rings. The van der Waals surface area contributed by atoms with E-state index in [2.05, 4.69) is 10.6 Å². The minimum absolute atomic E-state index is 0.00932. The predicted molar refractivity (Wildman–Crippen MR) is 107 cm³/mol. The topological polar surface area (TPSA) is 144 Å². The van der Waals surface area contributed by atoms with E-state index in [1.807, 2.05) is 0 Å². The van der Waals surface area contributed by atoms with Gasteiger partial charge in [-0.05, 0) is 30.7 Å². The zero-order chi connectivity index (χ0) is 21.6. The van der Waals surface area contributed by atoms with Gasteiger partial charge in [0, 0.05) is 36.3 Å². The van der Waals surface area contributed by atoms with Crippen LogP contribution in [0.3, 0.4) is 0 Å². The molecule has 2 rings (SSSR count). The van der Waals surface area contributed by atoms with Crippen molar-refractivity contribution in [3.63, 3.8) is 0 Å². The Bertz CT molecular complexity index is 905. The third-order valence-corrected chi connectivity index (χ3v) is 4.30. The van der Waals surface area contributed by atoms with Crippen molar-refractivity contribution in [1.82, 2.24) is 0 Å². The number of anilines is 2. The Hall–Kier alpha value is -3.24. The van der Waals surface area contributed by atoms with Crippen molar-refractivity contribution in [2.24, 2.45) is 0 Å². The van der Waals surface area contributed by atoms with E-state index >= 15 is 0 Å². The lowest BCUT2D eigenvalue weighted by molar-refractivity contribution is -0.384. The van der Waals surface area contributed by atoms with Crippen LogP contribution < -0.4 is 10.6 Å². The van der Waals surface area contributed by atoms with Crippen LogP contribution >= 0.6 is 23.2 Å². The highest BCUT2D eigenvalue weighted by Gasteiger charge is 2.15. The lowest BCUT2D eigenvalue weighted by Gasteiger charge is -2.07. The second-order valence-electron chi connectivity index (χ2n) is 5.80. The number of halogens is 2. The van der Waals surface area contributed by atoms with Crippen LogP contribution in [-0.4, -0.2) is 21.7 Å². The van der Waals surface area contributed by atoms with Crippen LogP contribution in [0.15, 0.2) is 36.4 Å². The molecule has 2 N–H and O–H groups in total. The number of benzene rings is 2. The van der Waals surface area contributed by atoms with E-state index in [1.165, 1.54) is 24.3 Å². The van der Waals surface area contributed by atoms with Crippen LogP contribution in [0.5, 0.6) is 0 Å². The van der Waals surface area contributed by atoms with Gasteiger partial charge < -0.3 is 10.6 Å². The van der Waals surface area contributed by atoms with Crippen molar-refractivity contribution < 1.29 is 19.4 Å². The van der Waals surface area contributed by atoms with Crippen LogP contribution in [0.2, 0.25) is 10.0 Å². The van der Waals surface area contributed by atoms with Crippen LogP contribution in [0.25, 0.3) is 0 Å². The molecule has 0 atom stereocenters. The minimum atomic E-state index is -0.663. The monoisotopic (exact) mass is 440 g/mol. The molecule has 0 spiro atoms. The average Bonchev–Trinajstić information content (AvgIpc) is 2.64. The lowest BCUT2D eigenvalue weighted by atomic mass is 10.2. The zero-order valence-corrected chi connectivity index (χ0v) is 16.2. The summed E-state index contributed by atoms with van der Waals surface area (Å²) in [5.41, 5.74) is -0.241. The molecule has 0 radical (unpaired) electrons. The smallest absolute Gasteiger partial charge is 0.289 e. The molecule has 0 saturated carbocycles. The second kappa shape index (κ2) is 9.80. The quantitative estimate of drug-likeness (QED) is 0.454. The van der Waals surface area contributed by atoms with Gasteiger partial charge in [0.25, 0.3) is 11.4 Å².